The molecule has 1 aliphatic heterocycles. The number of hydrogen-bond donors (Lipinski definition) is 0. The number of nitrogens with zero attached hydrogens (tertiary/aromatic N) is 5. The molecule has 0 bridgehead atoms. The predicted molar refractivity (Wildman–Crippen MR) is 115 cm³/mol. The van der Waals surface area contributed by atoms with E-state index in [-0.39, 0.29) is 18.1 Å². The molecular weight excluding hydrogens is 406 g/mol. The second-order valence-corrected chi connectivity index (χ2v) is 7.48. The van der Waals surface area contributed by atoms with Crippen molar-refractivity contribution >= 4 is 11.9 Å². The summed E-state index contributed by atoms with van der Waals surface area (Å²) >= 11 is 0. The first-order chi connectivity index (χ1) is 15.6. The van der Waals surface area contributed by atoms with Gasteiger partial charge >= 0.3 is 5.97 Å². The van der Waals surface area contributed by atoms with Crippen LogP contribution in [0.1, 0.15) is 37.5 Å². The van der Waals surface area contributed by atoms with E-state index in [0.29, 0.717) is 23.4 Å². The average molecular weight is 425 g/mol. The topological polar surface area (TPSA) is 90.2 Å². The molecule has 0 fully saturated rings. The largest absolute Gasteiger partial charge is 0.422 e. The third kappa shape index (κ3) is 3.62. The monoisotopic (exact) mass is 425 g/mol. The molecule has 0 unspecified atom stereocenters. The van der Waals surface area contributed by atoms with Crippen LogP contribution in [0.25, 0.3) is 5.82 Å². The summed E-state index contributed by atoms with van der Waals surface area (Å²) in [7, 11) is 0. The minimum Gasteiger partial charge on any atom is -0.422 e. The molecule has 158 valence electrons. The maximum absolute atomic E-state index is 13.0. The van der Waals surface area contributed by atoms with Gasteiger partial charge in [-0.3, -0.25) is 4.79 Å². The van der Waals surface area contributed by atoms with E-state index in [4.69, 9.17) is 4.74 Å². The van der Waals surface area contributed by atoms with Crippen molar-refractivity contribution in [3.8, 4) is 11.6 Å². The van der Waals surface area contributed by atoms with Crippen LogP contribution in [0.5, 0.6) is 5.75 Å². The van der Waals surface area contributed by atoms with Gasteiger partial charge in [-0.25, -0.2) is 19.4 Å². The van der Waals surface area contributed by atoms with Gasteiger partial charge in [0.05, 0.1) is 0 Å². The van der Waals surface area contributed by atoms with Crippen molar-refractivity contribution in [2.24, 2.45) is 0 Å². The fraction of sp³-hybridized carbons (Fsp3) is 0.125. The first-order valence-corrected chi connectivity index (χ1v) is 10.1. The summed E-state index contributed by atoms with van der Waals surface area (Å²) in [4.78, 5) is 36.1. The normalized spacial score (nSPS) is 12.7. The molecule has 4 heterocycles. The number of esters is 1. The maximum Gasteiger partial charge on any atom is 0.362 e. The van der Waals surface area contributed by atoms with Crippen LogP contribution in [-0.4, -0.2) is 36.5 Å². The Balaban J connectivity index is 1.36. The van der Waals surface area contributed by atoms with Crippen LogP contribution in [-0.2, 0) is 13.1 Å². The summed E-state index contributed by atoms with van der Waals surface area (Å²) in [6, 6.07) is 14.3. The van der Waals surface area contributed by atoms with Gasteiger partial charge in [-0.15, -0.1) is 0 Å². The molecule has 8 heteroatoms. The zero-order valence-electron chi connectivity index (χ0n) is 17.3. The van der Waals surface area contributed by atoms with Crippen molar-refractivity contribution in [3.05, 3.63) is 101 Å². The Hall–Kier alpha value is -4.33. The SMILES string of the molecule is Cc1cc(CN2Cc3c(ccnc3C(=O)Oc3ccccc3)C2=O)cnc1-n1cccn1. The Morgan fingerprint density at radius 1 is 1.09 bits per heavy atom. The first-order valence-electron chi connectivity index (χ1n) is 10.1. The maximum atomic E-state index is 13.0. The molecule has 1 aliphatic rings. The predicted octanol–water partition coefficient (Wildman–Crippen LogP) is 3.35. The number of fused-ring (bicyclic) bond motifs is 1. The molecule has 1 aromatic carbocycles. The Kier molecular flexibility index (Phi) is 4.95. The number of aromatic nitrogens is 4. The van der Waals surface area contributed by atoms with Gasteiger partial charge in [0.25, 0.3) is 5.91 Å². The molecule has 32 heavy (non-hydrogen) atoms. The van der Waals surface area contributed by atoms with Crippen molar-refractivity contribution in [3.63, 3.8) is 0 Å². The minimum absolute atomic E-state index is 0.148. The number of para-hydroxylation sites is 1. The lowest BCUT2D eigenvalue weighted by atomic mass is 10.1. The fourth-order valence-corrected chi connectivity index (χ4v) is 3.80. The molecule has 5 rings (SSSR count). The van der Waals surface area contributed by atoms with Gasteiger partial charge in [-0.2, -0.15) is 5.10 Å². The zero-order valence-corrected chi connectivity index (χ0v) is 17.3. The number of pyridine rings is 2. The van der Waals surface area contributed by atoms with Crippen LogP contribution < -0.4 is 4.74 Å². The minimum atomic E-state index is -0.580. The third-order valence-electron chi connectivity index (χ3n) is 5.27. The first kappa shape index (κ1) is 19.6. The molecule has 0 aliphatic carbocycles. The Labute approximate surface area is 184 Å². The van der Waals surface area contributed by atoms with Crippen molar-refractivity contribution in [1.82, 2.24) is 24.6 Å². The van der Waals surface area contributed by atoms with Crippen LogP contribution >= 0.6 is 0 Å². The summed E-state index contributed by atoms with van der Waals surface area (Å²) in [6.45, 7) is 2.60. The highest BCUT2D eigenvalue weighted by atomic mass is 16.5. The van der Waals surface area contributed by atoms with Gasteiger partial charge in [0.1, 0.15) is 5.75 Å². The lowest BCUT2D eigenvalue weighted by Crippen LogP contribution is -2.23. The van der Waals surface area contributed by atoms with Crippen LogP contribution in [0.4, 0.5) is 0 Å². The number of rotatable bonds is 5. The van der Waals surface area contributed by atoms with E-state index in [1.165, 1.54) is 6.20 Å². The van der Waals surface area contributed by atoms with E-state index in [0.717, 1.165) is 16.9 Å². The Morgan fingerprint density at radius 3 is 2.69 bits per heavy atom. The number of ether oxygens (including phenoxy) is 1. The summed E-state index contributed by atoms with van der Waals surface area (Å²) in [6.07, 6.45) is 6.73. The van der Waals surface area contributed by atoms with Crippen LogP contribution in [0.15, 0.2) is 73.3 Å². The second-order valence-electron chi connectivity index (χ2n) is 7.48. The molecule has 1 amide bonds. The van der Waals surface area contributed by atoms with Gasteiger partial charge in [0.2, 0.25) is 0 Å². The standard InChI is InChI=1S/C24H19N5O3/c1-16-12-17(13-26-22(16)29-11-5-9-27-29)14-28-15-20-19(23(28)30)8-10-25-21(20)24(31)32-18-6-3-2-4-7-18/h2-13H,14-15H2,1H3. The number of benzene rings is 1. The molecule has 0 spiro atoms. The molecule has 0 N–H and O–H groups in total. The molecule has 0 saturated heterocycles. The van der Waals surface area contributed by atoms with Gasteiger partial charge in [0.15, 0.2) is 11.5 Å². The highest BCUT2D eigenvalue weighted by Gasteiger charge is 2.32. The van der Waals surface area contributed by atoms with E-state index in [1.807, 2.05) is 31.3 Å². The summed E-state index contributed by atoms with van der Waals surface area (Å²) in [5.74, 6) is 0.440. The Bertz CT molecular complexity index is 1300. The van der Waals surface area contributed by atoms with Gasteiger partial charge in [-0.1, -0.05) is 18.2 Å². The lowest BCUT2D eigenvalue weighted by molar-refractivity contribution is 0.0721. The van der Waals surface area contributed by atoms with E-state index in [1.54, 1.807) is 52.3 Å². The van der Waals surface area contributed by atoms with Crippen molar-refractivity contribution < 1.29 is 14.3 Å². The van der Waals surface area contributed by atoms with E-state index in [2.05, 4.69) is 15.1 Å². The lowest BCUT2D eigenvalue weighted by Gasteiger charge is -2.16. The number of aryl methyl sites for hydroxylation is 1. The average Bonchev–Trinajstić information content (AvgIpc) is 3.43. The van der Waals surface area contributed by atoms with E-state index in [9.17, 15) is 9.59 Å². The number of amides is 1. The summed E-state index contributed by atoms with van der Waals surface area (Å²) < 4.78 is 7.13. The quantitative estimate of drug-likeness (QED) is 0.360. The van der Waals surface area contributed by atoms with Gasteiger partial charge < -0.3 is 9.64 Å². The Morgan fingerprint density at radius 2 is 1.94 bits per heavy atom. The molecule has 3 aromatic heterocycles. The smallest absolute Gasteiger partial charge is 0.362 e. The fourth-order valence-electron chi connectivity index (χ4n) is 3.80. The second kappa shape index (κ2) is 8.07. The van der Waals surface area contributed by atoms with E-state index < -0.39 is 5.97 Å². The molecule has 0 radical (unpaired) electrons. The van der Waals surface area contributed by atoms with Gasteiger partial charge in [-0.05, 0) is 48.4 Å². The molecular formula is C24H19N5O3. The van der Waals surface area contributed by atoms with Crippen LogP contribution in [0.3, 0.4) is 0 Å². The highest BCUT2D eigenvalue weighted by molar-refractivity contribution is 6.02. The highest BCUT2D eigenvalue weighted by Crippen LogP contribution is 2.27. The third-order valence-corrected chi connectivity index (χ3v) is 5.27. The zero-order chi connectivity index (χ0) is 22.1. The number of hydrogen-bond acceptors (Lipinski definition) is 6. The van der Waals surface area contributed by atoms with Crippen molar-refractivity contribution in [1.29, 1.82) is 0 Å². The summed E-state index contributed by atoms with van der Waals surface area (Å²) in [5, 5.41) is 4.21. The van der Waals surface area contributed by atoms with Gasteiger partial charge in [0, 0.05) is 49.0 Å². The molecule has 0 atom stereocenters. The van der Waals surface area contributed by atoms with Crippen LogP contribution in [0, 0.1) is 6.92 Å². The number of carbonyl (C=O) groups excluding carboxylic acids is 2. The number of carbonyl (C=O) groups is 2. The summed E-state index contributed by atoms with van der Waals surface area (Å²) in [5.41, 5.74) is 3.05. The van der Waals surface area contributed by atoms with E-state index >= 15 is 0 Å². The molecule has 4 aromatic rings. The van der Waals surface area contributed by atoms with Crippen molar-refractivity contribution in [2.75, 3.05) is 0 Å². The van der Waals surface area contributed by atoms with Crippen LogP contribution in [0.2, 0.25) is 0 Å². The van der Waals surface area contributed by atoms with Crippen molar-refractivity contribution in [2.45, 2.75) is 20.0 Å². The molecule has 0 saturated carbocycles. The molecule has 8 nitrogen and oxygen atoms in total.